The molecule has 1 atom stereocenters. The van der Waals surface area contributed by atoms with E-state index in [1.807, 2.05) is 90.4 Å². The van der Waals surface area contributed by atoms with Gasteiger partial charge in [-0.2, -0.15) is 0 Å². The molecule has 0 spiro atoms. The number of aliphatic hydroxyl groups is 1. The van der Waals surface area contributed by atoms with E-state index in [2.05, 4.69) is 29.3 Å². The van der Waals surface area contributed by atoms with Crippen molar-refractivity contribution in [2.24, 2.45) is 0 Å². The van der Waals surface area contributed by atoms with E-state index in [0.717, 1.165) is 38.0 Å². The van der Waals surface area contributed by atoms with Crippen LogP contribution in [0.2, 0.25) is 5.02 Å². The minimum Gasteiger partial charge on any atom is -0.375 e. The monoisotopic (exact) mass is 453 g/mol. The van der Waals surface area contributed by atoms with Crippen molar-refractivity contribution in [3.63, 3.8) is 0 Å². The summed E-state index contributed by atoms with van der Waals surface area (Å²) in [6.45, 7) is 0. The van der Waals surface area contributed by atoms with E-state index in [9.17, 15) is 5.11 Å². The molecule has 1 N–H and O–H groups in total. The van der Waals surface area contributed by atoms with Gasteiger partial charge in [-0.1, -0.05) is 78.4 Å². The van der Waals surface area contributed by atoms with E-state index in [1.54, 1.807) is 0 Å². The molecule has 4 heteroatoms. The molecule has 3 aromatic carbocycles. The average Bonchev–Trinajstić information content (AvgIpc) is 3.39. The fourth-order valence-corrected chi connectivity index (χ4v) is 4.91. The maximum atomic E-state index is 12.1. The maximum absolute atomic E-state index is 12.1. The molecule has 2 nitrogen and oxygen atoms in total. The zero-order valence-electron chi connectivity index (χ0n) is 17.2. The first-order valence-corrected chi connectivity index (χ1v) is 11.5. The van der Waals surface area contributed by atoms with Gasteiger partial charge < -0.3 is 5.11 Å². The van der Waals surface area contributed by atoms with Gasteiger partial charge in [0.25, 0.3) is 0 Å². The van der Waals surface area contributed by atoms with Crippen LogP contribution in [0.1, 0.15) is 27.1 Å². The maximum Gasteiger partial charge on any atom is 0.149 e. The number of halogens is 1. The largest absolute Gasteiger partial charge is 0.375 e. The summed E-state index contributed by atoms with van der Waals surface area (Å²) >= 11 is 7.65. The van der Waals surface area contributed by atoms with E-state index < -0.39 is 5.60 Å². The third kappa shape index (κ3) is 3.87. The fraction of sp³-hybridized carbons (Fsp3) is 0.0357. The second kappa shape index (κ2) is 8.71. The van der Waals surface area contributed by atoms with E-state index >= 15 is 0 Å². The van der Waals surface area contributed by atoms with Gasteiger partial charge in [-0.3, -0.25) is 4.98 Å². The zero-order chi connectivity index (χ0) is 22.0. The van der Waals surface area contributed by atoms with Crippen molar-refractivity contribution in [2.45, 2.75) is 5.60 Å². The summed E-state index contributed by atoms with van der Waals surface area (Å²) in [5.41, 5.74) is 3.33. The highest BCUT2D eigenvalue weighted by Gasteiger charge is 2.35. The molecule has 32 heavy (non-hydrogen) atoms. The predicted molar refractivity (Wildman–Crippen MR) is 135 cm³/mol. The Bertz CT molecular complexity index is 1380. The average molecular weight is 454 g/mol. The molecule has 156 valence electrons. The lowest BCUT2D eigenvalue weighted by atomic mass is 9.84. The SMILES string of the molecule is OC(c1ccc(Cl)cc1)(c1ccc2nccc(/C=C/c3ccccc3)c2c1)c1cccs1. The molecule has 5 rings (SSSR count). The second-order valence-electron chi connectivity index (χ2n) is 7.57. The molecule has 0 bridgehead atoms. The molecule has 0 aliphatic heterocycles. The van der Waals surface area contributed by atoms with E-state index in [0.29, 0.717) is 5.02 Å². The van der Waals surface area contributed by atoms with Crippen molar-refractivity contribution in [3.05, 3.63) is 135 Å². The zero-order valence-corrected chi connectivity index (χ0v) is 18.7. The highest BCUT2D eigenvalue weighted by Crippen LogP contribution is 2.40. The molecule has 0 saturated heterocycles. The molecular weight excluding hydrogens is 434 g/mol. The van der Waals surface area contributed by atoms with Gasteiger partial charge in [-0.25, -0.2) is 0 Å². The van der Waals surface area contributed by atoms with Crippen LogP contribution in [-0.4, -0.2) is 10.1 Å². The normalized spacial score (nSPS) is 13.4. The highest BCUT2D eigenvalue weighted by molar-refractivity contribution is 7.10. The van der Waals surface area contributed by atoms with Crippen molar-refractivity contribution in [2.75, 3.05) is 0 Å². The molecule has 1 unspecified atom stereocenters. The smallest absolute Gasteiger partial charge is 0.149 e. The summed E-state index contributed by atoms with van der Waals surface area (Å²) in [4.78, 5) is 5.39. The number of aromatic nitrogens is 1. The number of nitrogens with zero attached hydrogens (tertiary/aromatic N) is 1. The number of thiophene rings is 1. The molecule has 0 aliphatic carbocycles. The number of hydrogen-bond acceptors (Lipinski definition) is 3. The van der Waals surface area contributed by atoms with E-state index in [4.69, 9.17) is 11.6 Å². The molecule has 0 aliphatic rings. The number of fused-ring (bicyclic) bond motifs is 1. The molecule has 0 fully saturated rings. The van der Waals surface area contributed by atoms with Gasteiger partial charge in [0, 0.05) is 21.5 Å². The van der Waals surface area contributed by atoms with Crippen molar-refractivity contribution in [1.82, 2.24) is 4.98 Å². The fourth-order valence-electron chi connectivity index (χ4n) is 3.91. The van der Waals surface area contributed by atoms with Crippen molar-refractivity contribution in [3.8, 4) is 0 Å². The molecular formula is C28H20ClNOS. The lowest BCUT2D eigenvalue weighted by Gasteiger charge is -2.29. The Kier molecular flexibility index (Phi) is 5.62. The van der Waals surface area contributed by atoms with Crippen LogP contribution in [0.4, 0.5) is 0 Å². The summed E-state index contributed by atoms with van der Waals surface area (Å²) < 4.78 is 0. The van der Waals surface area contributed by atoms with E-state index in [1.165, 1.54) is 11.3 Å². The van der Waals surface area contributed by atoms with Crippen LogP contribution < -0.4 is 0 Å². The summed E-state index contributed by atoms with van der Waals surface area (Å²) in [5.74, 6) is 0. The first-order chi connectivity index (χ1) is 15.6. The Morgan fingerprint density at radius 2 is 1.59 bits per heavy atom. The van der Waals surface area contributed by atoms with Crippen molar-refractivity contribution >= 4 is 46.0 Å². The predicted octanol–water partition coefficient (Wildman–Crippen LogP) is 7.40. The molecule has 0 saturated carbocycles. The summed E-state index contributed by atoms with van der Waals surface area (Å²) in [7, 11) is 0. The van der Waals surface area contributed by atoms with Crippen LogP contribution in [-0.2, 0) is 5.60 Å². The summed E-state index contributed by atoms with van der Waals surface area (Å²) in [5, 5.41) is 15.7. The Morgan fingerprint density at radius 1 is 0.812 bits per heavy atom. The van der Waals surface area contributed by atoms with Crippen molar-refractivity contribution in [1.29, 1.82) is 0 Å². The second-order valence-corrected chi connectivity index (χ2v) is 8.95. The van der Waals surface area contributed by atoms with Gasteiger partial charge in [-0.05, 0) is 64.0 Å². The van der Waals surface area contributed by atoms with Gasteiger partial charge in [-0.15, -0.1) is 11.3 Å². The van der Waals surface area contributed by atoms with Crippen LogP contribution in [0.3, 0.4) is 0 Å². The standard InChI is InChI=1S/C28H20ClNOS/c29-24-13-10-22(11-14-24)28(31,27-7-4-18-32-27)23-12-15-26-25(19-23)21(16-17-30-26)9-8-20-5-2-1-3-6-20/h1-19,31H/b9-8+. The topological polar surface area (TPSA) is 33.1 Å². The lowest BCUT2D eigenvalue weighted by Crippen LogP contribution is -2.27. The Labute approximate surface area is 196 Å². The number of rotatable bonds is 5. The lowest BCUT2D eigenvalue weighted by molar-refractivity contribution is 0.130. The third-order valence-electron chi connectivity index (χ3n) is 5.59. The third-order valence-corrected chi connectivity index (χ3v) is 6.82. The highest BCUT2D eigenvalue weighted by atomic mass is 35.5. The molecule has 2 heterocycles. The first-order valence-electron chi connectivity index (χ1n) is 10.3. The van der Waals surface area contributed by atoms with Gasteiger partial charge in [0.05, 0.1) is 5.52 Å². The van der Waals surface area contributed by atoms with Crippen LogP contribution in [0.5, 0.6) is 0 Å². The van der Waals surface area contributed by atoms with Gasteiger partial charge in [0.15, 0.2) is 0 Å². The number of pyridine rings is 1. The number of hydrogen-bond donors (Lipinski definition) is 1. The Morgan fingerprint density at radius 3 is 2.34 bits per heavy atom. The van der Waals surface area contributed by atoms with Crippen molar-refractivity contribution < 1.29 is 5.11 Å². The Balaban J connectivity index is 1.67. The minimum absolute atomic E-state index is 0.637. The van der Waals surface area contributed by atoms with Crippen LogP contribution in [0.25, 0.3) is 23.1 Å². The van der Waals surface area contributed by atoms with Gasteiger partial charge >= 0.3 is 0 Å². The van der Waals surface area contributed by atoms with Crippen LogP contribution in [0, 0.1) is 0 Å². The molecule has 0 radical (unpaired) electrons. The Hall–Kier alpha value is -3.24. The van der Waals surface area contributed by atoms with Gasteiger partial charge in [0.1, 0.15) is 5.60 Å². The molecule has 5 aromatic rings. The quantitative estimate of drug-likeness (QED) is 0.300. The number of benzene rings is 3. The summed E-state index contributed by atoms with van der Waals surface area (Å²) in [6, 6.07) is 29.5. The van der Waals surface area contributed by atoms with E-state index in [-0.39, 0.29) is 0 Å². The molecule has 0 amide bonds. The van der Waals surface area contributed by atoms with Crippen LogP contribution in [0.15, 0.2) is 103 Å². The van der Waals surface area contributed by atoms with Gasteiger partial charge in [0.2, 0.25) is 0 Å². The van der Waals surface area contributed by atoms with Crippen LogP contribution >= 0.6 is 22.9 Å². The first kappa shape index (κ1) is 20.7. The molecule has 2 aromatic heterocycles. The summed E-state index contributed by atoms with van der Waals surface area (Å²) in [6.07, 6.45) is 6.00. The minimum atomic E-state index is -1.29.